The third kappa shape index (κ3) is 2.98. The van der Waals surface area contributed by atoms with Crippen LogP contribution in [-0.2, 0) is 15.8 Å². The van der Waals surface area contributed by atoms with E-state index in [0.717, 1.165) is 19.9 Å². The fraction of sp³-hybridized carbons (Fsp3) is 0.385. The van der Waals surface area contributed by atoms with Crippen LogP contribution in [0.4, 0.5) is 17.6 Å². The summed E-state index contributed by atoms with van der Waals surface area (Å²) in [4.78, 5) is 22.3. The standard InChI is InChI=1S/C13H12F4O4/c1-6(12(2,10(18)19)11(20)21)7-3-4-9(14)8(5-7)13(15,16)17/h3-6H,1-2H3,(H,18,19)(H,20,21). The van der Waals surface area contributed by atoms with Crippen molar-refractivity contribution in [3.8, 4) is 0 Å². The Morgan fingerprint density at radius 3 is 2.00 bits per heavy atom. The average Bonchev–Trinajstić information content (AvgIpc) is 2.35. The van der Waals surface area contributed by atoms with E-state index in [0.29, 0.717) is 12.1 Å². The van der Waals surface area contributed by atoms with Gasteiger partial charge in [-0.3, -0.25) is 9.59 Å². The van der Waals surface area contributed by atoms with Gasteiger partial charge in [0.15, 0.2) is 5.41 Å². The van der Waals surface area contributed by atoms with Crippen LogP contribution in [0.2, 0.25) is 0 Å². The maximum atomic E-state index is 13.2. The maximum Gasteiger partial charge on any atom is 0.419 e. The number of hydrogen-bond acceptors (Lipinski definition) is 2. The van der Waals surface area contributed by atoms with Crippen LogP contribution in [-0.4, -0.2) is 22.2 Å². The number of benzene rings is 1. The Labute approximate surface area is 117 Å². The molecule has 0 heterocycles. The second-order valence-corrected chi connectivity index (χ2v) is 4.77. The normalized spacial score (nSPS) is 13.8. The van der Waals surface area contributed by atoms with Gasteiger partial charge in [-0.15, -0.1) is 0 Å². The molecule has 0 aliphatic carbocycles. The van der Waals surface area contributed by atoms with Crippen LogP contribution in [0.25, 0.3) is 0 Å². The molecule has 1 rings (SSSR count). The largest absolute Gasteiger partial charge is 0.480 e. The molecular formula is C13H12F4O4. The van der Waals surface area contributed by atoms with Crippen molar-refractivity contribution in [1.82, 2.24) is 0 Å². The predicted molar refractivity (Wildman–Crippen MR) is 63.2 cm³/mol. The van der Waals surface area contributed by atoms with E-state index in [-0.39, 0.29) is 5.56 Å². The molecular weight excluding hydrogens is 296 g/mol. The lowest BCUT2D eigenvalue weighted by Crippen LogP contribution is -2.41. The van der Waals surface area contributed by atoms with E-state index in [1.807, 2.05) is 0 Å². The summed E-state index contributed by atoms with van der Waals surface area (Å²) in [6.45, 7) is 2.05. The summed E-state index contributed by atoms with van der Waals surface area (Å²) in [5.74, 6) is -6.19. The highest BCUT2D eigenvalue weighted by atomic mass is 19.4. The number of carbonyl (C=O) groups is 2. The van der Waals surface area contributed by atoms with Crippen LogP contribution >= 0.6 is 0 Å². The van der Waals surface area contributed by atoms with Gasteiger partial charge in [0, 0.05) is 5.92 Å². The molecule has 0 aromatic heterocycles. The Bertz CT molecular complexity index is 566. The second-order valence-electron chi connectivity index (χ2n) is 4.77. The fourth-order valence-corrected chi connectivity index (χ4v) is 1.82. The molecule has 1 aromatic carbocycles. The van der Waals surface area contributed by atoms with Gasteiger partial charge in [0.05, 0.1) is 5.56 Å². The van der Waals surface area contributed by atoms with Gasteiger partial charge in [-0.25, -0.2) is 4.39 Å². The van der Waals surface area contributed by atoms with E-state index in [9.17, 15) is 27.2 Å². The van der Waals surface area contributed by atoms with Crippen molar-refractivity contribution >= 4 is 11.9 Å². The molecule has 0 bridgehead atoms. The van der Waals surface area contributed by atoms with Gasteiger partial charge in [0.25, 0.3) is 0 Å². The lowest BCUT2D eigenvalue weighted by molar-refractivity contribution is -0.164. The van der Waals surface area contributed by atoms with E-state index in [2.05, 4.69) is 0 Å². The summed E-state index contributed by atoms with van der Waals surface area (Å²) in [5, 5.41) is 18.1. The Hall–Kier alpha value is -2.12. The topological polar surface area (TPSA) is 74.6 Å². The first kappa shape index (κ1) is 16.9. The monoisotopic (exact) mass is 308 g/mol. The highest BCUT2D eigenvalue weighted by molar-refractivity contribution is 5.98. The minimum Gasteiger partial charge on any atom is -0.480 e. The molecule has 1 aromatic rings. The molecule has 0 radical (unpaired) electrons. The zero-order chi connectivity index (χ0) is 16.6. The molecule has 0 aliphatic heterocycles. The quantitative estimate of drug-likeness (QED) is 0.662. The minimum atomic E-state index is -4.96. The summed E-state index contributed by atoms with van der Waals surface area (Å²) >= 11 is 0. The van der Waals surface area contributed by atoms with E-state index < -0.39 is 40.8 Å². The number of halogens is 4. The van der Waals surface area contributed by atoms with Crippen molar-refractivity contribution < 1.29 is 37.4 Å². The zero-order valence-corrected chi connectivity index (χ0v) is 11.0. The predicted octanol–water partition coefficient (Wildman–Crippen LogP) is 3.12. The Morgan fingerprint density at radius 1 is 1.14 bits per heavy atom. The third-order valence-electron chi connectivity index (χ3n) is 3.55. The van der Waals surface area contributed by atoms with Crippen LogP contribution in [0.5, 0.6) is 0 Å². The molecule has 0 spiro atoms. The molecule has 2 N–H and O–H groups in total. The Balaban J connectivity index is 3.41. The van der Waals surface area contributed by atoms with Crippen LogP contribution in [0.1, 0.15) is 30.9 Å². The number of hydrogen-bond donors (Lipinski definition) is 2. The molecule has 0 aliphatic rings. The minimum absolute atomic E-state index is 0.226. The molecule has 116 valence electrons. The summed E-state index contributed by atoms with van der Waals surface area (Å²) in [6.07, 6.45) is -4.96. The van der Waals surface area contributed by atoms with Crippen molar-refractivity contribution in [2.45, 2.75) is 25.9 Å². The summed E-state index contributed by atoms with van der Waals surface area (Å²) in [6, 6.07) is 1.92. The van der Waals surface area contributed by atoms with Crippen molar-refractivity contribution in [3.63, 3.8) is 0 Å². The van der Waals surface area contributed by atoms with Crippen molar-refractivity contribution in [2.24, 2.45) is 5.41 Å². The molecule has 0 saturated heterocycles. The molecule has 8 heteroatoms. The molecule has 0 fully saturated rings. The lowest BCUT2D eigenvalue weighted by atomic mass is 9.74. The third-order valence-corrected chi connectivity index (χ3v) is 3.55. The highest BCUT2D eigenvalue weighted by Gasteiger charge is 2.48. The first-order valence-electron chi connectivity index (χ1n) is 5.75. The molecule has 1 atom stereocenters. The average molecular weight is 308 g/mol. The number of carboxylic acid groups (broad SMARTS) is 2. The zero-order valence-electron chi connectivity index (χ0n) is 11.0. The summed E-state index contributed by atoms with van der Waals surface area (Å²) < 4.78 is 51.1. The van der Waals surface area contributed by atoms with Crippen molar-refractivity contribution in [1.29, 1.82) is 0 Å². The highest BCUT2D eigenvalue weighted by Crippen LogP contribution is 2.39. The molecule has 0 saturated carbocycles. The summed E-state index contributed by atoms with van der Waals surface area (Å²) in [5.41, 5.74) is -4.12. The van der Waals surface area contributed by atoms with Crippen LogP contribution in [0, 0.1) is 11.2 Å². The van der Waals surface area contributed by atoms with Gasteiger partial charge in [0.2, 0.25) is 0 Å². The number of rotatable bonds is 4. The van der Waals surface area contributed by atoms with Gasteiger partial charge < -0.3 is 10.2 Å². The smallest absolute Gasteiger partial charge is 0.419 e. The van der Waals surface area contributed by atoms with Crippen LogP contribution < -0.4 is 0 Å². The van der Waals surface area contributed by atoms with E-state index >= 15 is 0 Å². The first-order valence-corrected chi connectivity index (χ1v) is 5.75. The number of aliphatic carboxylic acids is 2. The number of carboxylic acids is 2. The second kappa shape index (κ2) is 5.34. The van der Waals surface area contributed by atoms with Gasteiger partial charge in [-0.1, -0.05) is 13.0 Å². The fourth-order valence-electron chi connectivity index (χ4n) is 1.82. The first-order chi connectivity index (χ1) is 9.42. The molecule has 1 unspecified atom stereocenters. The Morgan fingerprint density at radius 2 is 1.62 bits per heavy atom. The summed E-state index contributed by atoms with van der Waals surface area (Å²) in [7, 11) is 0. The van der Waals surface area contributed by atoms with Gasteiger partial charge in [-0.2, -0.15) is 13.2 Å². The maximum absolute atomic E-state index is 13.2. The van der Waals surface area contributed by atoms with Crippen molar-refractivity contribution in [3.05, 3.63) is 35.1 Å². The molecule has 0 amide bonds. The Kier molecular flexibility index (Phi) is 4.31. The molecule has 4 nitrogen and oxygen atoms in total. The lowest BCUT2D eigenvalue weighted by Gasteiger charge is -2.28. The van der Waals surface area contributed by atoms with E-state index in [1.165, 1.54) is 0 Å². The van der Waals surface area contributed by atoms with Gasteiger partial charge >= 0.3 is 18.1 Å². The van der Waals surface area contributed by atoms with Gasteiger partial charge in [0.1, 0.15) is 5.82 Å². The van der Waals surface area contributed by atoms with E-state index in [4.69, 9.17) is 10.2 Å². The number of alkyl halides is 3. The van der Waals surface area contributed by atoms with Gasteiger partial charge in [-0.05, 0) is 24.6 Å². The van der Waals surface area contributed by atoms with E-state index in [1.54, 1.807) is 0 Å². The van der Waals surface area contributed by atoms with Crippen LogP contribution in [0.15, 0.2) is 18.2 Å². The molecule has 21 heavy (non-hydrogen) atoms. The van der Waals surface area contributed by atoms with Crippen LogP contribution in [0.3, 0.4) is 0 Å². The van der Waals surface area contributed by atoms with Crippen molar-refractivity contribution in [2.75, 3.05) is 0 Å². The SMILES string of the molecule is CC(c1ccc(F)c(C(F)(F)F)c1)C(C)(C(=O)O)C(=O)O.